The maximum Gasteiger partial charge on any atom is 0.416 e. The van der Waals surface area contributed by atoms with Crippen LogP contribution < -0.4 is 10.5 Å². The molecule has 1 aromatic heterocycles. The van der Waals surface area contributed by atoms with E-state index in [9.17, 15) is 23.1 Å². The standard InChI is InChI=1S/C17H10ClF3N2O3/c18-15-11-6-5-10(7-12(11)14(24)13(23-15)16(22)25)26-9-3-1-8(2-4-9)17(19,20)21/h1-7,24H,(H2,22,25). The van der Waals surface area contributed by atoms with Crippen molar-refractivity contribution in [1.29, 1.82) is 0 Å². The highest BCUT2D eigenvalue weighted by Gasteiger charge is 2.30. The van der Waals surface area contributed by atoms with Gasteiger partial charge in [0.15, 0.2) is 11.4 Å². The number of carbonyl (C=O) groups is 1. The molecule has 134 valence electrons. The first-order valence-electron chi connectivity index (χ1n) is 7.14. The molecule has 0 radical (unpaired) electrons. The van der Waals surface area contributed by atoms with Crippen LogP contribution in [0.4, 0.5) is 13.2 Å². The maximum absolute atomic E-state index is 12.6. The van der Waals surface area contributed by atoms with Crippen LogP contribution in [0.15, 0.2) is 42.5 Å². The highest BCUT2D eigenvalue weighted by molar-refractivity contribution is 6.35. The molecule has 0 unspecified atom stereocenters. The Hall–Kier alpha value is -3.00. The maximum atomic E-state index is 12.6. The smallest absolute Gasteiger partial charge is 0.416 e. The van der Waals surface area contributed by atoms with Crippen LogP contribution in [0.25, 0.3) is 10.8 Å². The summed E-state index contributed by atoms with van der Waals surface area (Å²) in [7, 11) is 0. The summed E-state index contributed by atoms with van der Waals surface area (Å²) in [6, 6.07) is 8.48. The Kier molecular flexibility index (Phi) is 4.37. The quantitative estimate of drug-likeness (QED) is 0.653. The minimum atomic E-state index is -4.44. The van der Waals surface area contributed by atoms with E-state index in [1.165, 1.54) is 30.3 Å². The summed E-state index contributed by atoms with van der Waals surface area (Å²) in [5.74, 6) is -1.05. The molecule has 1 amide bonds. The van der Waals surface area contributed by atoms with Gasteiger partial charge in [-0.3, -0.25) is 4.79 Å². The van der Waals surface area contributed by atoms with Gasteiger partial charge in [0.1, 0.15) is 16.7 Å². The van der Waals surface area contributed by atoms with Crippen molar-refractivity contribution in [3.05, 3.63) is 58.9 Å². The van der Waals surface area contributed by atoms with E-state index in [1.807, 2.05) is 0 Å². The fourth-order valence-corrected chi connectivity index (χ4v) is 2.57. The zero-order chi connectivity index (χ0) is 19.1. The normalized spacial score (nSPS) is 11.5. The van der Waals surface area contributed by atoms with Crippen LogP contribution in [0, 0.1) is 0 Å². The van der Waals surface area contributed by atoms with Crippen LogP contribution in [-0.2, 0) is 6.18 Å². The first-order chi connectivity index (χ1) is 12.2. The monoisotopic (exact) mass is 382 g/mol. The molecule has 0 spiro atoms. The molecule has 3 rings (SSSR count). The number of hydrogen-bond donors (Lipinski definition) is 2. The zero-order valence-electron chi connectivity index (χ0n) is 12.8. The van der Waals surface area contributed by atoms with Crippen molar-refractivity contribution >= 4 is 28.3 Å². The minimum absolute atomic E-state index is 0.0346. The number of nitrogens with two attached hydrogens (primary N) is 1. The number of hydrogen-bond acceptors (Lipinski definition) is 4. The molecule has 2 aromatic carbocycles. The predicted molar refractivity (Wildman–Crippen MR) is 88.5 cm³/mol. The summed E-state index contributed by atoms with van der Waals surface area (Å²) in [5.41, 5.74) is 3.95. The highest BCUT2D eigenvalue weighted by Crippen LogP contribution is 2.36. The lowest BCUT2D eigenvalue weighted by Crippen LogP contribution is -2.13. The molecule has 5 nitrogen and oxygen atoms in total. The van der Waals surface area contributed by atoms with Crippen LogP contribution in [0.2, 0.25) is 5.15 Å². The second-order valence-electron chi connectivity index (χ2n) is 5.30. The summed E-state index contributed by atoms with van der Waals surface area (Å²) in [4.78, 5) is 15.1. The number of ether oxygens (including phenoxy) is 1. The number of fused-ring (bicyclic) bond motifs is 1. The van der Waals surface area contributed by atoms with Crippen molar-refractivity contribution in [2.24, 2.45) is 5.73 Å². The van der Waals surface area contributed by atoms with Gasteiger partial charge < -0.3 is 15.6 Å². The lowest BCUT2D eigenvalue weighted by molar-refractivity contribution is -0.137. The molecule has 3 N–H and O–H groups in total. The van der Waals surface area contributed by atoms with Gasteiger partial charge >= 0.3 is 6.18 Å². The van der Waals surface area contributed by atoms with Gasteiger partial charge in [0.25, 0.3) is 5.91 Å². The molecule has 0 atom stereocenters. The van der Waals surface area contributed by atoms with Crippen molar-refractivity contribution in [2.45, 2.75) is 6.18 Å². The fourth-order valence-electron chi connectivity index (χ4n) is 2.32. The summed E-state index contributed by atoms with van der Waals surface area (Å²) in [6.07, 6.45) is -4.44. The lowest BCUT2D eigenvalue weighted by Gasteiger charge is -2.11. The van der Waals surface area contributed by atoms with E-state index in [-0.39, 0.29) is 22.0 Å². The van der Waals surface area contributed by atoms with Crippen molar-refractivity contribution in [1.82, 2.24) is 4.98 Å². The van der Waals surface area contributed by atoms with Gasteiger partial charge in [-0.05, 0) is 42.5 Å². The molecule has 0 bridgehead atoms. The fraction of sp³-hybridized carbons (Fsp3) is 0.0588. The van der Waals surface area contributed by atoms with Gasteiger partial charge in [-0.15, -0.1) is 0 Å². The SMILES string of the molecule is NC(=O)c1nc(Cl)c2ccc(Oc3ccc(C(F)(F)F)cc3)cc2c1O. The first kappa shape index (κ1) is 17.8. The molecule has 0 saturated carbocycles. The number of pyridine rings is 1. The number of alkyl halides is 3. The van der Waals surface area contributed by atoms with Gasteiger partial charge in [-0.2, -0.15) is 13.2 Å². The molecule has 0 fully saturated rings. The number of primary amides is 1. The van der Waals surface area contributed by atoms with E-state index < -0.39 is 29.1 Å². The highest BCUT2D eigenvalue weighted by atomic mass is 35.5. The molecular weight excluding hydrogens is 373 g/mol. The molecule has 0 aliphatic carbocycles. The van der Waals surface area contributed by atoms with Crippen molar-refractivity contribution in [3.63, 3.8) is 0 Å². The van der Waals surface area contributed by atoms with Gasteiger partial charge in [-0.25, -0.2) is 4.98 Å². The van der Waals surface area contributed by atoms with Crippen LogP contribution in [0.3, 0.4) is 0 Å². The average molecular weight is 383 g/mol. The summed E-state index contributed by atoms with van der Waals surface area (Å²) >= 11 is 5.97. The second kappa shape index (κ2) is 6.38. The molecular formula is C17H10ClF3N2O3. The number of benzene rings is 2. The van der Waals surface area contributed by atoms with Crippen LogP contribution >= 0.6 is 11.6 Å². The third-order valence-electron chi connectivity index (χ3n) is 3.55. The van der Waals surface area contributed by atoms with E-state index in [4.69, 9.17) is 22.1 Å². The number of halogens is 4. The lowest BCUT2D eigenvalue weighted by atomic mass is 10.1. The zero-order valence-corrected chi connectivity index (χ0v) is 13.6. The second-order valence-corrected chi connectivity index (χ2v) is 5.65. The molecule has 0 aliphatic rings. The Labute approximate surface area is 149 Å². The largest absolute Gasteiger partial charge is 0.505 e. The van der Waals surface area contributed by atoms with Gasteiger partial charge in [0.05, 0.1) is 5.56 Å². The number of aromatic nitrogens is 1. The van der Waals surface area contributed by atoms with Crippen molar-refractivity contribution < 1.29 is 27.8 Å². The number of amides is 1. The van der Waals surface area contributed by atoms with E-state index in [1.54, 1.807) is 0 Å². The molecule has 0 saturated heterocycles. The summed E-state index contributed by atoms with van der Waals surface area (Å²) in [6.45, 7) is 0. The molecule has 26 heavy (non-hydrogen) atoms. The summed E-state index contributed by atoms with van der Waals surface area (Å²) < 4.78 is 43.2. The van der Waals surface area contributed by atoms with Crippen molar-refractivity contribution in [3.8, 4) is 17.2 Å². The van der Waals surface area contributed by atoms with E-state index >= 15 is 0 Å². The number of carbonyl (C=O) groups excluding carboxylic acids is 1. The third-order valence-corrected chi connectivity index (χ3v) is 3.84. The number of nitrogens with zero attached hydrogens (tertiary/aromatic N) is 1. The Bertz CT molecular complexity index is 1000. The Morgan fingerprint density at radius 3 is 2.27 bits per heavy atom. The molecule has 9 heteroatoms. The van der Waals surface area contributed by atoms with Crippen LogP contribution in [-0.4, -0.2) is 16.0 Å². The number of rotatable bonds is 3. The molecule has 1 heterocycles. The van der Waals surface area contributed by atoms with Gasteiger partial charge in [0, 0.05) is 10.8 Å². The average Bonchev–Trinajstić information content (AvgIpc) is 2.57. The summed E-state index contributed by atoms with van der Waals surface area (Å²) in [5, 5.41) is 10.6. The van der Waals surface area contributed by atoms with E-state index in [0.29, 0.717) is 5.39 Å². The van der Waals surface area contributed by atoms with E-state index in [0.717, 1.165) is 12.1 Å². The minimum Gasteiger partial charge on any atom is -0.505 e. The van der Waals surface area contributed by atoms with Crippen LogP contribution in [0.5, 0.6) is 17.2 Å². The number of aromatic hydroxyl groups is 1. The predicted octanol–water partition coefficient (Wildman–Crippen LogP) is 4.50. The molecule has 0 aliphatic heterocycles. The first-order valence-corrected chi connectivity index (χ1v) is 7.52. The van der Waals surface area contributed by atoms with E-state index in [2.05, 4.69) is 4.98 Å². The Morgan fingerprint density at radius 2 is 1.69 bits per heavy atom. The topological polar surface area (TPSA) is 85.4 Å². The third kappa shape index (κ3) is 3.36. The Morgan fingerprint density at radius 1 is 1.08 bits per heavy atom. The van der Waals surface area contributed by atoms with Gasteiger partial charge in [-0.1, -0.05) is 11.6 Å². The van der Waals surface area contributed by atoms with Crippen LogP contribution in [0.1, 0.15) is 16.1 Å². The molecule has 3 aromatic rings. The van der Waals surface area contributed by atoms with Gasteiger partial charge in [0.2, 0.25) is 0 Å². The van der Waals surface area contributed by atoms with Crippen molar-refractivity contribution in [2.75, 3.05) is 0 Å². The Balaban J connectivity index is 1.99.